The van der Waals surface area contributed by atoms with E-state index in [1.165, 1.54) is 11.3 Å². The minimum absolute atomic E-state index is 0.0837. The van der Waals surface area contributed by atoms with E-state index in [4.69, 9.17) is 0 Å². The fourth-order valence-corrected chi connectivity index (χ4v) is 2.77. The first-order valence-corrected chi connectivity index (χ1v) is 8.77. The normalized spacial score (nSPS) is 11.0. The Morgan fingerprint density at radius 1 is 1.32 bits per heavy atom. The van der Waals surface area contributed by atoms with Crippen LogP contribution in [0.2, 0.25) is 0 Å². The Labute approximate surface area is 137 Å². The average molecular weight is 325 g/mol. The molecule has 2 amide bonds. The predicted molar refractivity (Wildman–Crippen MR) is 89.9 cm³/mol. The van der Waals surface area contributed by atoms with Crippen LogP contribution in [0.15, 0.2) is 5.38 Å². The van der Waals surface area contributed by atoms with E-state index in [0.29, 0.717) is 18.7 Å². The van der Waals surface area contributed by atoms with Gasteiger partial charge in [-0.25, -0.2) is 4.98 Å². The molecule has 0 aliphatic carbocycles. The molecule has 0 saturated carbocycles. The van der Waals surface area contributed by atoms with Crippen molar-refractivity contribution in [3.05, 3.63) is 16.1 Å². The molecule has 0 unspecified atom stereocenters. The van der Waals surface area contributed by atoms with Gasteiger partial charge in [-0.15, -0.1) is 11.3 Å². The van der Waals surface area contributed by atoms with Gasteiger partial charge in [0.05, 0.1) is 6.54 Å². The van der Waals surface area contributed by atoms with E-state index in [0.717, 1.165) is 17.8 Å². The van der Waals surface area contributed by atoms with E-state index in [-0.39, 0.29) is 23.9 Å². The number of unbranched alkanes of at least 4 members (excludes halogenated alkanes) is 1. The third-order valence-corrected chi connectivity index (χ3v) is 4.03. The minimum atomic E-state index is -0.161. The summed E-state index contributed by atoms with van der Waals surface area (Å²) in [6.45, 7) is 10.4. The van der Waals surface area contributed by atoms with Gasteiger partial charge in [-0.2, -0.15) is 0 Å². The van der Waals surface area contributed by atoms with Crippen molar-refractivity contribution in [1.82, 2.24) is 15.2 Å². The number of hydrogen-bond acceptors (Lipinski definition) is 4. The Morgan fingerprint density at radius 2 is 2.00 bits per heavy atom. The van der Waals surface area contributed by atoms with E-state index in [9.17, 15) is 9.59 Å². The van der Waals surface area contributed by atoms with Crippen molar-refractivity contribution in [2.24, 2.45) is 0 Å². The second-order valence-electron chi connectivity index (χ2n) is 5.97. The fraction of sp³-hybridized carbons (Fsp3) is 0.688. The third kappa shape index (κ3) is 5.75. The van der Waals surface area contributed by atoms with Crippen molar-refractivity contribution in [1.29, 1.82) is 0 Å². The summed E-state index contributed by atoms with van der Waals surface area (Å²) >= 11 is 1.43. The molecule has 1 N–H and O–H groups in total. The zero-order valence-corrected chi connectivity index (χ0v) is 15.0. The zero-order valence-electron chi connectivity index (χ0n) is 14.2. The standard InChI is InChI=1S/C16H27N3O2S/c1-6-7-8-15(20)19(12(4)5)9-14-18-13(10-22-14)16(21)17-11(2)3/h10-12H,6-9H2,1-5H3,(H,17,21). The van der Waals surface area contributed by atoms with Gasteiger partial charge in [0.15, 0.2) is 0 Å². The van der Waals surface area contributed by atoms with Crippen LogP contribution < -0.4 is 5.32 Å². The Bertz CT molecular complexity index is 497. The van der Waals surface area contributed by atoms with Crippen LogP contribution in [-0.4, -0.2) is 33.8 Å². The molecule has 5 nitrogen and oxygen atoms in total. The van der Waals surface area contributed by atoms with Crippen LogP contribution in [0.5, 0.6) is 0 Å². The van der Waals surface area contributed by atoms with Gasteiger partial charge in [0.2, 0.25) is 5.91 Å². The SMILES string of the molecule is CCCCC(=O)N(Cc1nc(C(=O)NC(C)C)cs1)C(C)C. The highest BCUT2D eigenvalue weighted by atomic mass is 32.1. The van der Waals surface area contributed by atoms with Crippen LogP contribution in [0.3, 0.4) is 0 Å². The summed E-state index contributed by atoms with van der Waals surface area (Å²) in [5.41, 5.74) is 0.429. The van der Waals surface area contributed by atoms with Crippen LogP contribution >= 0.6 is 11.3 Å². The molecule has 0 fully saturated rings. The molecule has 0 aliphatic heterocycles. The molecular formula is C16H27N3O2S. The van der Waals surface area contributed by atoms with Gasteiger partial charge in [-0.05, 0) is 34.1 Å². The number of aromatic nitrogens is 1. The minimum Gasteiger partial charge on any atom is -0.349 e. The number of nitrogens with zero attached hydrogens (tertiary/aromatic N) is 2. The average Bonchev–Trinajstić information content (AvgIpc) is 2.89. The Kier molecular flexibility index (Phi) is 7.51. The van der Waals surface area contributed by atoms with Gasteiger partial charge < -0.3 is 10.2 Å². The van der Waals surface area contributed by atoms with Crippen molar-refractivity contribution in [2.75, 3.05) is 0 Å². The first-order valence-electron chi connectivity index (χ1n) is 7.89. The highest BCUT2D eigenvalue weighted by Crippen LogP contribution is 2.16. The van der Waals surface area contributed by atoms with Crippen molar-refractivity contribution >= 4 is 23.2 Å². The number of nitrogens with one attached hydrogen (secondary N) is 1. The zero-order chi connectivity index (χ0) is 16.7. The molecule has 0 bridgehead atoms. The van der Waals surface area contributed by atoms with Crippen LogP contribution in [-0.2, 0) is 11.3 Å². The van der Waals surface area contributed by atoms with Crippen molar-refractivity contribution in [2.45, 2.75) is 72.5 Å². The maximum absolute atomic E-state index is 12.3. The van der Waals surface area contributed by atoms with E-state index >= 15 is 0 Å². The summed E-state index contributed by atoms with van der Waals surface area (Å²) < 4.78 is 0. The molecule has 1 aromatic rings. The maximum Gasteiger partial charge on any atom is 0.270 e. The van der Waals surface area contributed by atoms with Crippen LogP contribution in [0.4, 0.5) is 0 Å². The number of amides is 2. The molecule has 124 valence electrons. The fourth-order valence-electron chi connectivity index (χ4n) is 2.00. The Morgan fingerprint density at radius 3 is 2.55 bits per heavy atom. The van der Waals surface area contributed by atoms with Crippen LogP contribution in [0, 0.1) is 0 Å². The molecule has 0 saturated heterocycles. The highest BCUT2D eigenvalue weighted by Gasteiger charge is 2.19. The van der Waals surface area contributed by atoms with Gasteiger partial charge >= 0.3 is 0 Å². The lowest BCUT2D eigenvalue weighted by Crippen LogP contribution is -2.36. The van der Waals surface area contributed by atoms with Crippen LogP contribution in [0.25, 0.3) is 0 Å². The summed E-state index contributed by atoms with van der Waals surface area (Å²) in [5, 5.41) is 5.37. The molecule has 0 aliphatic rings. The molecule has 1 rings (SSSR count). The van der Waals surface area contributed by atoms with Gasteiger partial charge in [0.1, 0.15) is 10.7 Å². The molecule has 0 aromatic carbocycles. The summed E-state index contributed by atoms with van der Waals surface area (Å²) in [6, 6.07) is 0.210. The molecule has 6 heteroatoms. The summed E-state index contributed by atoms with van der Waals surface area (Å²) in [5.74, 6) is -0.00821. The van der Waals surface area contributed by atoms with Crippen LogP contribution in [0.1, 0.15) is 69.4 Å². The van der Waals surface area contributed by atoms with Gasteiger partial charge in [0, 0.05) is 23.9 Å². The Hall–Kier alpha value is -1.43. The molecule has 0 atom stereocenters. The van der Waals surface area contributed by atoms with Crippen molar-refractivity contribution in [3.63, 3.8) is 0 Å². The first kappa shape index (κ1) is 18.6. The topological polar surface area (TPSA) is 62.3 Å². The summed E-state index contributed by atoms with van der Waals surface area (Å²) in [4.78, 5) is 30.4. The van der Waals surface area contributed by atoms with E-state index in [1.807, 2.05) is 32.6 Å². The first-order chi connectivity index (χ1) is 10.3. The van der Waals surface area contributed by atoms with E-state index in [1.54, 1.807) is 5.38 Å². The molecule has 0 spiro atoms. The molecule has 0 radical (unpaired) electrons. The molecular weight excluding hydrogens is 298 g/mol. The predicted octanol–water partition coefficient (Wildman–Crippen LogP) is 3.21. The number of hydrogen-bond donors (Lipinski definition) is 1. The number of carbonyl (C=O) groups excluding carboxylic acids is 2. The van der Waals surface area contributed by atoms with Gasteiger partial charge in [0.25, 0.3) is 5.91 Å². The number of thiazole rings is 1. The van der Waals surface area contributed by atoms with Crippen molar-refractivity contribution < 1.29 is 9.59 Å². The second kappa shape index (κ2) is 8.88. The summed E-state index contributed by atoms with van der Waals surface area (Å²) in [6.07, 6.45) is 2.48. The monoisotopic (exact) mass is 325 g/mol. The van der Waals surface area contributed by atoms with E-state index < -0.39 is 0 Å². The van der Waals surface area contributed by atoms with E-state index in [2.05, 4.69) is 17.2 Å². The third-order valence-electron chi connectivity index (χ3n) is 3.20. The quantitative estimate of drug-likeness (QED) is 0.798. The molecule has 1 heterocycles. The summed E-state index contributed by atoms with van der Waals surface area (Å²) in [7, 11) is 0. The second-order valence-corrected chi connectivity index (χ2v) is 6.92. The maximum atomic E-state index is 12.3. The largest absolute Gasteiger partial charge is 0.349 e. The lowest BCUT2D eigenvalue weighted by atomic mass is 10.2. The Balaban J connectivity index is 2.72. The highest BCUT2D eigenvalue weighted by molar-refractivity contribution is 7.09. The number of rotatable bonds is 8. The number of carbonyl (C=O) groups is 2. The lowest BCUT2D eigenvalue weighted by Gasteiger charge is -2.25. The smallest absolute Gasteiger partial charge is 0.270 e. The molecule has 1 aromatic heterocycles. The van der Waals surface area contributed by atoms with Crippen molar-refractivity contribution in [3.8, 4) is 0 Å². The van der Waals surface area contributed by atoms with Gasteiger partial charge in [-0.1, -0.05) is 13.3 Å². The molecule has 22 heavy (non-hydrogen) atoms. The van der Waals surface area contributed by atoms with Gasteiger partial charge in [-0.3, -0.25) is 9.59 Å². The lowest BCUT2D eigenvalue weighted by molar-refractivity contribution is -0.133.